The maximum atomic E-state index is 4.54. The number of aromatic nitrogens is 4. The first-order valence-corrected chi connectivity index (χ1v) is 9.23. The first kappa shape index (κ1) is 18.1. The minimum absolute atomic E-state index is 0.672. The molecule has 2 heterocycles. The summed E-state index contributed by atoms with van der Waals surface area (Å²) in [6.45, 7) is 6.21. The summed E-state index contributed by atoms with van der Waals surface area (Å²) in [7, 11) is 1.77. The van der Waals surface area contributed by atoms with Crippen molar-refractivity contribution in [3.63, 3.8) is 0 Å². The summed E-state index contributed by atoms with van der Waals surface area (Å²) in [6.07, 6.45) is 3.27. The number of hydrogen-bond donors (Lipinski definition) is 2. The molecule has 0 saturated heterocycles. The van der Waals surface area contributed by atoms with E-state index in [-0.39, 0.29) is 0 Å². The largest absolute Gasteiger partial charge is 0.352 e. The molecule has 0 aliphatic carbocycles. The van der Waals surface area contributed by atoms with Crippen molar-refractivity contribution in [2.75, 3.05) is 7.05 Å². The number of rotatable bonds is 6. The SMILES string of the molecule is CN=C(NCc1cccc(Cn2cncn2)c1)NCc1nc(C)c(C)s1. The summed E-state index contributed by atoms with van der Waals surface area (Å²) in [4.78, 5) is 14.1. The fraction of sp³-hybridized carbons (Fsp3) is 0.333. The van der Waals surface area contributed by atoms with Gasteiger partial charge in [-0.15, -0.1) is 11.3 Å². The van der Waals surface area contributed by atoms with Gasteiger partial charge in [0.2, 0.25) is 0 Å². The smallest absolute Gasteiger partial charge is 0.191 e. The van der Waals surface area contributed by atoms with E-state index >= 15 is 0 Å². The van der Waals surface area contributed by atoms with Gasteiger partial charge in [-0.2, -0.15) is 5.10 Å². The molecule has 0 aliphatic heterocycles. The predicted octanol–water partition coefficient (Wildman–Crippen LogP) is 2.26. The van der Waals surface area contributed by atoms with Crippen LogP contribution in [0.1, 0.15) is 26.7 Å². The molecule has 7 nitrogen and oxygen atoms in total. The second kappa shape index (κ2) is 8.57. The van der Waals surface area contributed by atoms with Gasteiger partial charge in [0.1, 0.15) is 17.7 Å². The number of guanidine groups is 1. The fourth-order valence-corrected chi connectivity index (χ4v) is 3.39. The first-order chi connectivity index (χ1) is 12.6. The number of hydrogen-bond acceptors (Lipinski definition) is 5. The molecule has 0 bridgehead atoms. The van der Waals surface area contributed by atoms with Gasteiger partial charge < -0.3 is 10.6 Å². The molecule has 0 atom stereocenters. The van der Waals surface area contributed by atoms with Crippen molar-refractivity contribution < 1.29 is 0 Å². The summed E-state index contributed by atoms with van der Waals surface area (Å²) < 4.78 is 1.81. The number of nitrogens with one attached hydrogen (secondary N) is 2. The summed E-state index contributed by atoms with van der Waals surface area (Å²) in [5, 5.41) is 11.9. The van der Waals surface area contributed by atoms with E-state index < -0.39 is 0 Å². The van der Waals surface area contributed by atoms with Crippen molar-refractivity contribution in [2.24, 2.45) is 4.99 Å². The molecule has 136 valence electrons. The minimum atomic E-state index is 0.672. The molecule has 3 aromatic rings. The molecule has 1 aromatic carbocycles. The molecule has 0 spiro atoms. The molecule has 0 fully saturated rings. The van der Waals surface area contributed by atoms with Gasteiger partial charge in [0.15, 0.2) is 5.96 Å². The normalized spacial score (nSPS) is 11.6. The topological polar surface area (TPSA) is 80.0 Å². The standard InChI is InChI=1S/C18H23N7S/c1-13-14(2)26-17(24-13)9-22-18(19-3)21-8-15-5-4-6-16(7-15)10-25-12-20-11-23-25/h4-7,11-12H,8-10H2,1-3H3,(H2,19,21,22). The van der Waals surface area contributed by atoms with Gasteiger partial charge in [0.25, 0.3) is 0 Å². The van der Waals surface area contributed by atoms with E-state index in [1.165, 1.54) is 16.0 Å². The number of aliphatic imine (C=N–C) groups is 1. The maximum absolute atomic E-state index is 4.54. The lowest BCUT2D eigenvalue weighted by atomic mass is 10.1. The van der Waals surface area contributed by atoms with Crippen LogP contribution in [0.3, 0.4) is 0 Å². The Morgan fingerprint density at radius 3 is 2.69 bits per heavy atom. The quantitative estimate of drug-likeness (QED) is 0.515. The highest BCUT2D eigenvalue weighted by molar-refractivity contribution is 7.11. The molecule has 0 saturated carbocycles. The fourth-order valence-electron chi connectivity index (χ4n) is 2.52. The molecule has 26 heavy (non-hydrogen) atoms. The zero-order chi connectivity index (χ0) is 18.4. The van der Waals surface area contributed by atoms with E-state index in [4.69, 9.17) is 0 Å². The van der Waals surface area contributed by atoms with Crippen LogP contribution in [0, 0.1) is 13.8 Å². The number of aryl methyl sites for hydroxylation is 2. The second-order valence-corrected chi connectivity index (χ2v) is 7.23. The van der Waals surface area contributed by atoms with Crippen molar-refractivity contribution in [2.45, 2.75) is 33.5 Å². The van der Waals surface area contributed by atoms with Gasteiger partial charge in [0, 0.05) is 18.5 Å². The lowest BCUT2D eigenvalue weighted by Crippen LogP contribution is -2.36. The third-order valence-corrected chi connectivity index (χ3v) is 5.04. The average molecular weight is 369 g/mol. The van der Waals surface area contributed by atoms with Crippen LogP contribution in [-0.2, 0) is 19.6 Å². The first-order valence-electron chi connectivity index (χ1n) is 8.41. The minimum Gasteiger partial charge on any atom is -0.352 e. The Morgan fingerprint density at radius 2 is 2.00 bits per heavy atom. The van der Waals surface area contributed by atoms with E-state index in [1.807, 2.05) is 11.6 Å². The van der Waals surface area contributed by atoms with Gasteiger partial charge in [-0.25, -0.2) is 14.6 Å². The summed E-state index contributed by atoms with van der Waals surface area (Å²) in [5.74, 6) is 0.761. The Morgan fingerprint density at radius 1 is 1.19 bits per heavy atom. The highest BCUT2D eigenvalue weighted by Gasteiger charge is 2.05. The Labute approximate surface area is 157 Å². The van der Waals surface area contributed by atoms with Crippen LogP contribution < -0.4 is 10.6 Å². The number of thiazole rings is 1. The Bertz CT molecular complexity index is 848. The Hall–Kier alpha value is -2.74. The van der Waals surface area contributed by atoms with Crippen LogP contribution >= 0.6 is 11.3 Å². The summed E-state index contributed by atoms with van der Waals surface area (Å²) >= 11 is 1.72. The third-order valence-electron chi connectivity index (χ3n) is 3.97. The number of benzene rings is 1. The second-order valence-electron chi connectivity index (χ2n) is 5.94. The van der Waals surface area contributed by atoms with Crippen molar-refractivity contribution in [1.29, 1.82) is 0 Å². The highest BCUT2D eigenvalue weighted by Crippen LogP contribution is 2.15. The molecule has 0 amide bonds. The predicted molar refractivity (Wildman–Crippen MR) is 104 cm³/mol. The molecule has 3 rings (SSSR count). The van der Waals surface area contributed by atoms with Crippen LogP contribution in [-0.4, -0.2) is 32.8 Å². The van der Waals surface area contributed by atoms with Gasteiger partial charge in [-0.3, -0.25) is 4.99 Å². The maximum Gasteiger partial charge on any atom is 0.191 e. The average Bonchev–Trinajstić information content (AvgIpc) is 3.25. The van der Waals surface area contributed by atoms with Gasteiger partial charge >= 0.3 is 0 Å². The molecule has 2 N–H and O–H groups in total. The lowest BCUT2D eigenvalue weighted by Gasteiger charge is -2.12. The molecular formula is C18H23N7S. The molecule has 2 aromatic heterocycles. The summed E-state index contributed by atoms with van der Waals surface area (Å²) in [6, 6.07) is 8.40. The van der Waals surface area contributed by atoms with Crippen LogP contribution in [0.25, 0.3) is 0 Å². The number of nitrogens with zero attached hydrogens (tertiary/aromatic N) is 5. The van der Waals surface area contributed by atoms with Gasteiger partial charge in [0.05, 0.1) is 18.8 Å². The van der Waals surface area contributed by atoms with Crippen molar-refractivity contribution in [3.05, 3.63) is 63.6 Å². The lowest BCUT2D eigenvalue weighted by molar-refractivity contribution is 0.683. The third kappa shape index (κ3) is 4.89. The molecule has 0 aliphatic rings. The Kier molecular flexibility index (Phi) is 5.96. The van der Waals surface area contributed by atoms with Gasteiger partial charge in [-0.05, 0) is 25.0 Å². The van der Waals surface area contributed by atoms with Crippen molar-refractivity contribution >= 4 is 17.3 Å². The van der Waals surface area contributed by atoms with Crippen LogP contribution in [0.15, 0.2) is 41.9 Å². The highest BCUT2D eigenvalue weighted by atomic mass is 32.1. The monoisotopic (exact) mass is 369 g/mol. The van der Waals surface area contributed by atoms with E-state index in [0.717, 1.165) is 16.7 Å². The van der Waals surface area contributed by atoms with Crippen molar-refractivity contribution in [3.8, 4) is 0 Å². The van der Waals surface area contributed by atoms with Crippen LogP contribution in [0.5, 0.6) is 0 Å². The molecule has 0 radical (unpaired) electrons. The van der Waals surface area contributed by atoms with E-state index in [9.17, 15) is 0 Å². The molecular weight excluding hydrogens is 346 g/mol. The van der Waals surface area contributed by atoms with Crippen molar-refractivity contribution in [1.82, 2.24) is 30.4 Å². The van der Waals surface area contributed by atoms with E-state index in [1.54, 1.807) is 31.0 Å². The van der Waals surface area contributed by atoms with E-state index in [2.05, 4.69) is 61.9 Å². The zero-order valence-corrected chi connectivity index (χ0v) is 16.0. The zero-order valence-electron chi connectivity index (χ0n) is 15.2. The van der Waals surface area contributed by atoms with Crippen LogP contribution in [0.4, 0.5) is 0 Å². The molecule has 8 heteroatoms. The van der Waals surface area contributed by atoms with Gasteiger partial charge in [-0.1, -0.05) is 24.3 Å². The van der Waals surface area contributed by atoms with E-state index in [0.29, 0.717) is 19.6 Å². The Balaban J connectivity index is 1.53. The summed E-state index contributed by atoms with van der Waals surface area (Å²) in [5.41, 5.74) is 3.47. The van der Waals surface area contributed by atoms with Crippen LogP contribution in [0.2, 0.25) is 0 Å². The molecule has 0 unspecified atom stereocenters.